The van der Waals surface area contributed by atoms with Gasteiger partial charge < -0.3 is 10.1 Å². The Bertz CT molecular complexity index is 1120. The Morgan fingerprint density at radius 1 is 1.00 bits per heavy atom. The van der Waals surface area contributed by atoms with E-state index in [1.807, 2.05) is 18.2 Å². The number of carbonyl (C=O) groups is 1. The lowest BCUT2D eigenvalue weighted by Gasteiger charge is -2.28. The van der Waals surface area contributed by atoms with Gasteiger partial charge >= 0.3 is 0 Å². The smallest absolute Gasteiger partial charge is 0.248 e. The van der Waals surface area contributed by atoms with Gasteiger partial charge in [0, 0.05) is 5.02 Å². The Morgan fingerprint density at radius 2 is 1.60 bits per heavy atom. The van der Waals surface area contributed by atoms with Crippen molar-refractivity contribution in [2.24, 2.45) is 0 Å². The second kappa shape index (κ2) is 9.19. The Hall–Kier alpha value is -3.03. The van der Waals surface area contributed by atoms with Crippen LogP contribution in [0.4, 0.5) is 11.4 Å². The number of halogens is 1. The molecule has 1 atom stereocenters. The SMILES string of the molecule is C[C@@H](C(=O)Nc1cc(Cl)ccc1Oc1ccccc1)N(c1ccccc1)S(C)(=O)=O. The molecule has 0 spiro atoms. The molecular weight excluding hydrogens is 424 g/mol. The molecule has 6 nitrogen and oxygen atoms in total. The molecule has 3 aromatic carbocycles. The zero-order valence-electron chi connectivity index (χ0n) is 16.4. The van der Waals surface area contributed by atoms with Crippen molar-refractivity contribution in [3.8, 4) is 11.5 Å². The van der Waals surface area contributed by atoms with Gasteiger partial charge in [-0.3, -0.25) is 9.10 Å². The molecule has 0 fully saturated rings. The summed E-state index contributed by atoms with van der Waals surface area (Å²) in [6.07, 6.45) is 1.06. The van der Waals surface area contributed by atoms with E-state index in [4.69, 9.17) is 16.3 Å². The van der Waals surface area contributed by atoms with E-state index in [1.54, 1.807) is 60.7 Å². The maximum atomic E-state index is 13.0. The van der Waals surface area contributed by atoms with Crippen molar-refractivity contribution in [3.05, 3.63) is 83.9 Å². The highest BCUT2D eigenvalue weighted by atomic mass is 35.5. The fourth-order valence-electron chi connectivity index (χ4n) is 2.93. The molecule has 1 amide bonds. The second-order valence-corrected chi connectivity index (χ2v) is 8.91. The van der Waals surface area contributed by atoms with Gasteiger partial charge in [0.15, 0.2) is 5.75 Å². The fourth-order valence-corrected chi connectivity index (χ4v) is 4.27. The van der Waals surface area contributed by atoms with Gasteiger partial charge in [-0.1, -0.05) is 48.0 Å². The normalized spacial score (nSPS) is 12.1. The van der Waals surface area contributed by atoms with Gasteiger partial charge in [-0.2, -0.15) is 0 Å². The van der Waals surface area contributed by atoms with Crippen molar-refractivity contribution in [2.45, 2.75) is 13.0 Å². The first-order valence-corrected chi connectivity index (χ1v) is 11.4. The van der Waals surface area contributed by atoms with Gasteiger partial charge in [0.25, 0.3) is 0 Å². The zero-order valence-corrected chi connectivity index (χ0v) is 18.0. The maximum Gasteiger partial charge on any atom is 0.248 e. The van der Waals surface area contributed by atoms with Crippen molar-refractivity contribution in [3.63, 3.8) is 0 Å². The third-order valence-electron chi connectivity index (χ3n) is 4.27. The molecule has 0 saturated carbocycles. The molecule has 0 unspecified atom stereocenters. The van der Waals surface area contributed by atoms with Crippen molar-refractivity contribution >= 4 is 38.9 Å². The predicted molar refractivity (Wildman–Crippen MR) is 120 cm³/mol. The summed E-state index contributed by atoms with van der Waals surface area (Å²) in [5, 5.41) is 3.14. The molecule has 3 rings (SSSR count). The lowest BCUT2D eigenvalue weighted by atomic mass is 10.2. The number of anilines is 2. The standard InChI is InChI=1S/C22H21ClN2O4S/c1-16(25(30(2,27)28)18-9-5-3-6-10-18)22(26)24-20-15-17(23)13-14-21(20)29-19-11-7-4-8-12-19/h3-16H,1-2H3,(H,24,26)/t16-/m0/s1. The number of rotatable bonds is 7. The van der Waals surface area contributed by atoms with E-state index in [1.165, 1.54) is 6.92 Å². The van der Waals surface area contributed by atoms with Crippen LogP contribution in [0.3, 0.4) is 0 Å². The molecular formula is C22H21ClN2O4S. The monoisotopic (exact) mass is 444 g/mol. The summed E-state index contributed by atoms with van der Waals surface area (Å²) in [6, 6.07) is 21.4. The van der Waals surface area contributed by atoms with Crippen LogP contribution in [0, 0.1) is 0 Å². The van der Waals surface area contributed by atoms with Crippen molar-refractivity contribution < 1.29 is 17.9 Å². The molecule has 0 aliphatic carbocycles. The third kappa shape index (κ3) is 5.31. The number of amides is 1. The second-order valence-electron chi connectivity index (χ2n) is 6.62. The molecule has 1 N–H and O–H groups in total. The molecule has 0 heterocycles. The first-order chi connectivity index (χ1) is 14.3. The molecule has 0 aliphatic heterocycles. The Labute approximate surface area is 181 Å². The van der Waals surface area contributed by atoms with E-state index in [2.05, 4.69) is 5.32 Å². The van der Waals surface area contributed by atoms with Crippen LogP contribution in [0.1, 0.15) is 6.92 Å². The molecule has 0 saturated heterocycles. The van der Waals surface area contributed by atoms with E-state index >= 15 is 0 Å². The van der Waals surface area contributed by atoms with Crippen LogP contribution in [0.15, 0.2) is 78.9 Å². The fraction of sp³-hybridized carbons (Fsp3) is 0.136. The minimum Gasteiger partial charge on any atom is -0.455 e. The maximum absolute atomic E-state index is 13.0. The predicted octanol–water partition coefficient (Wildman–Crippen LogP) is 4.93. The zero-order chi connectivity index (χ0) is 21.7. The lowest BCUT2D eigenvalue weighted by molar-refractivity contribution is -0.116. The van der Waals surface area contributed by atoms with E-state index in [9.17, 15) is 13.2 Å². The molecule has 8 heteroatoms. The van der Waals surface area contributed by atoms with Gasteiger partial charge in [-0.05, 0) is 49.4 Å². The number of hydrogen-bond donors (Lipinski definition) is 1. The summed E-state index contributed by atoms with van der Waals surface area (Å²) in [5.41, 5.74) is 0.735. The van der Waals surface area contributed by atoms with Gasteiger partial charge in [0.1, 0.15) is 11.8 Å². The van der Waals surface area contributed by atoms with Crippen molar-refractivity contribution in [2.75, 3.05) is 15.9 Å². The van der Waals surface area contributed by atoms with Crippen LogP contribution in [0.2, 0.25) is 5.02 Å². The summed E-state index contributed by atoms with van der Waals surface area (Å²) in [6.45, 7) is 1.52. The van der Waals surface area contributed by atoms with E-state index in [0.717, 1.165) is 10.6 Å². The third-order valence-corrected chi connectivity index (χ3v) is 5.75. The number of ether oxygens (including phenoxy) is 1. The van der Waals surface area contributed by atoms with Crippen molar-refractivity contribution in [1.29, 1.82) is 0 Å². The van der Waals surface area contributed by atoms with Gasteiger partial charge in [-0.25, -0.2) is 8.42 Å². The summed E-state index contributed by atoms with van der Waals surface area (Å²) in [4.78, 5) is 13.0. The summed E-state index contributed by atoms with van der Waals surface area (Å²) < 4.78 is 31.7. The average Bonchev–Trinajstić information content (AvgIpc) is 2.70. The number of para-hydroxylation sites is 2. The molecule has 156 valence electrons. The van der Waals surface area contributed by atoms with Gasteiger partial charge in [-0.15, -0.1) is 0 Å². The van der Waals surface area contributed by atoms with Crippen LogP contribution >= 0.6 is 11.6 Å². The van der Waals surface area contributed by atoms with E-state index in [-0.39, 0.29) is 0 Å². The average molecular weight is 445 g/mol. The molecule has 30 heavy (non-hydrogen) atoms. The van der Waals surface area contributed by atoms with E-state index in [0.29, 0.717) is 27.9 Å². The van der Waals surface area contributed by atoms with Crippen LogP contribution in [-0.2, 0) is 14.8 Å². The Morgan fingerprint density at radius 3 is 2.20 bits per heavy atom. The van der Waals surface area contributed by atoms with Crippen molar-refractivity contribution in [1.82, 2.24) is 0 Å². The highest BCUT2D eigenvalue weighted by Gasteiger charge is 2.29. The highest BCUT2D eigenvalue weighted by molar-refractivity contribution is 7.92. The van der Waals surface area contributed by atoms with E-state index < -0.39 is 22.0 Å². The number of sulfonamides is 1. The Balaban J connectivity index is 1.88. The number of nitrogens with one attached hydrogen (secondary N) is 1. The molecule has 0 bridgehead atoms. The Kier molecular flexibility index (Phi) is 6.64. The molecule has 3 aromatic rings. The van der Waals surface area contributed by atoms with Gasteiger partial charge in [0.05, 0.1) is 17.6 Å². The lowest BCUT2D eigenvalue weighted by Crippen LogP contribution is -2.45. The largest absolute Gasteiger partial charge is 0.455 e. The topological polar surface area (TPSA) is 75.7 Å². The first-order valence-electron chi connectivity index (χ1n) is 9.13. The molecule has 0 aliphatic rings. The summed E-state index contributed by atoms with van der Waals surface area (Å²) in [5.74, 6) is 0.451. The quantitative estimate of drug-likeness (QED) is 0.560. The summed E-state index contributed by atoms with van der Waals surface area (Å²) >= 11 is 6.10. The minimum absolute atomic E-state index is 0.338. The minimum atomic E-state index is -3.71. The van der Waals surface area contributed by atoms with Gasteiger partial charge in [0.2, 0.25) is 15.9 Å². The molecule has 0 radical (unpaired) electrons. The van der Waals surface area contributed by atoms with Crippen LogP contribution in [0.25, 0.3) is 0 Å². The van der Waals surface area contributed by atoms with Crippen LogP contribution in [-0.4, -0.2) is 26.6 Å². The van der Waals surface area contributed by atoms with Crippen LogP contribution in [0.5, 0.6) is 11.5 Å². The number of carbonyl (C=O) groups excluding carboxylic acids is 1. The van der Waals surface area contributed by atoms with Crippen LogP contribution < -0.4 is 14.4 Å². The highest BCUT2D eigenvalue weighted by Crippen LogP contribution is 2.32. The first kappa shape index (κ1) is 21.7. The number of benzene rings is 3. The molecule has 0 aromatic heterocycles. The summed E-state index contributed by atoms with van der Waals surface area (Å²) in [7, 11) is -3.71. The number of nitrogens with zero attached hydrogens (tertiary/aromatic N) is 1. The number of hydrogen-bond acceptors (Lipinski definition) is 4.